The van der Waals surface area contributed by atoms with Gasteiger partial charge in [-0.05, 0) is 0 Å². The number of rotatable bonds is 1. The highest BCUT2D eigenvalue weighted by Gasteiger charge is 2.40. The minimum absolute atomic E-state index is 0.415. The molecule has 6 heteroatoms. The molecule has 0 bridgehead atoms. The summed E-state index contributed by atoms with van der Waals surface area (Å²) in [5.74, 6) is -0.539. The molecule has 0 radical (unpaired) electrons. The molecule has 0 aromatic heterocycles. The molecule has 5 nitrogen and oxygen atoms in total. The second kappa shape index (κ2) is 3.72. The topological polar surface area (TPSA) is 90.2 Å². The van der Waals surface area contributed by atoms with Crippen molar-refractivity contribution in [1.82, 2.24) is 0 Å². The van der Waals surface area contributed by atoms with Crippen LogP contribution in [0.5, 0.6) is 0 Å². The van der Waals surface area contributed by atoms with Crippen LogP contribution >= 0.6 is 0 Å². The Balaban J connectivity index is 2.63. The van der Waals surface area contributed by atoms with Gasteiger partial charge in [0.1, 0.15) is 20.1 Å². The normalized spacial score (nSPS) is 49.2. The van der Waals surface area contributed by atoms with Crippen LogP contribution in [0.15, 0.2) is 0 Å². The number of aliphatic hydroxyl groups is 4. The van der Waals surface area contributed by atoms with Crippen LogP contribution in [0.25, 0.3) is 0 Å². The van der Waals surface area contributed by atoms with E-state index in [4.69, 9.17) is 14.9 Å². The zero-order chi connectivity index (χ0) is 9.30. The van der Waals surface area contributed by atoms with E-state index in [0.29, 0.717) is 0 Å². The van der Waals surface area contributed by atoms with Crippen molar-refractivity contribution in [2.45, 2.75) is 30.4 Å². The van der Waals surface area contributed by atoms with Crippen LogP contribution in [0.3, 0.4) is 0 Å². The largest absolute Gasteiger partial charge is 0.394 e. The van der Waals surface area contributed by atoms with Crippen molar-refractivity contribution in [2.75, 3.05) is 6.61 Å². The van der Waals surface area contributed by atoms with Crippen molar-refractivity contribution in [3.63, 3.8) is 0 Å². The minimum atomic E-state index is -1.13. The highest BCUT2D eigenvalue weighted by Crippen LogP contribution is 2.26. The van der Waals surface area contributed by atoms with E-state index in [9.17, 15) is 10.2 Å². The van der Waals surface area contributed by atoms with Gasteiger partial charge in [-0.25, -0.2) is 0 Å². The van der Waals surface area contributed by atoms with E-state index in [0.717, 1.165) is 0 Å². The standard InChI is InChI=1S/C6H13BO5/c7-3-5(10)4(9)2(1-8)12-6(3)11/h2-6,8-11H,1,7H2/t2?,3?,4-,5-,6+/m1/s1. The second-order valence-electron chi connectivity index (χ2n) is 3.09. The molecular formula is C6H13BO5. The van der Waals surface area contributed by atoms with Gasteiger partial charge >= 0.3 is 0 Å². The van der Waals surface area contributed by atoms with Gasteiger partial charge in [0.15, 0.2) is 6.29 Å². The molecule has 1 fully saturated rings. The third kappa shape index (κ3) is 1.62. The van der Waals surface area contributed by atoms with Gasteiger partial charge in [0.2, 0.25) is 0 Å². The van der Waals surface area contributed by atoms with Crippen LogP contribution in [0.2, 0.25) is 5.82 Å². The average Bonchev–Trinajstić information content (AvgIpc) is 2.08. The molecule has 4 N–H and O–H groups in total. The van der Waals surface area contributed by atoms with E-state index in [1.807, 2.05) is 0 Å². The van der Waals surface area contributed by atoms with Crippen molar-refractivity contribution in [3.05, 3.63) is 0 Å². The molecule has 1 saturated heterocycles. The zero-order valence-electron chi connectivity index (χ0n) is 6.79. The Morgan fingerprint density at radius 3 is 2.25 bits per heavy atom. The van der Waals surface area contributed by atoms with Crippen LogP contribution in [0.4, 0.5) is 0 Å². The zero-order valence-corrected chi connectivity index (χ0v) is 6.79. The quantitative estimate of drug-likeness (QED) is 0.316. The Hall–Kier alpha value is -0.135. The lowest BCUT2D eigenvalue weighted by Crippen LogP contribution is -2.53. The molecule has 0 saturated carbocycles. The summed E-state index contributed by atoms with van der Waals surface area (Å²) in [6.45, 7) is -0.415. The fourth-order valence-electron chi connectivity index (χ4n) is 1.23. The van der Waals surface area contributed by atoms with E-state index in [1.165, 1.54) is 0 Å². The lowest BCUT2D eigenvalue weighted by Gasteiger charge is -2.38. The summed E-state index contributed by atoms with van der Waals surface area (Å²) >= 11 is 0. The first-order valence-corrected chi connectivity index (χ1v) is 3.88. The maximum Gasteiger partial charge on any atom is 0.153 e. The third-order valence-corrected chi connectivity index (χ3v) is 2.21. The fourth-order valence-corrected chi connectivity index (χ4v) is 1.23. The number of hydrogen-bond acceptors (Lipinski definition) is 5. The summed E-state index contributed by atoms with van der Waals surface area (Å²) in [4.78, 5) is 0. The van der Waals surface area contributed by atoms with Gasteiger partial charge in [-0.15, -0.1) is 0 Å². The molecule has 0 aliphatic carbocycles. The van der Waals surface area contributed by atoms with Crippen molar-refractivity contribution in [2.24, 2.45) is 0 Å². The lowest BCUT2D eigenvalue weighted by molar-refractivity contribution is -0.238. The highest BCUT2D eigenvalue weighted by molar-refractivity contribution is 6.12. The molecule has 1 aliphatic rings. The number of hydrogen-bond donors (Lipinski definition) is 4. The van der Waals surface area contributed by atoms with Gasteiger partial charge < -0.3 is 25.2 Å². The van der Waals surface area contributed by atoms with E-state index in [2.05, 4.69) is 0 Å². The van der Waals surface area contributed by atoms with Gasteiger partial charge in [0.05, 0.1) is 12.7 Å². The van der Waals surface area contributed by atoms with Gasteiger partial charge in [-0.1, -0.05) is 0 Å². The molecular weight excluding hydrogens is 163 g/mol. The van der Waals surface area contributed by atoms with Crippen LogP contribution in [0, 0.1) is 0 Å². The molecule has 2 unspecified atom stereocenters. The van der Waals surface area contributed by atoms with Gasteiger partial charge in [0.25, 0.3) is 0 Å². The molecule has 0 aromatic carbocycles. The Kier molecular flexibility index (Phi) is 3.08. The van der Waals surface area contributed by atoms with E-state index in [1.54, 1.807) is 7.85 Å². The lowest BCUT2D eigenvalue weighted by atomic mass is 9.77. The fraction of sp³-hybridized carbons (Fsp3) is 1.00. The van der Waals surface area contributed by atoms with E-state index in [-0.39, 0.29) is 0 Å². The monoisotopic (exact) mass is 176 g/mol. The molecule has 12 heavy (non-hydrogen) atoms. The Morgan fingerprint density at radius 1 is 1.17 bits per heavy atom. The van der Waals surface area contributed by atoms with Gasteiger partial charge in [-0.3, -0.25) is 0 Å². The van der Waals surface area contributed by atoms with Crippen LogP contribution in [-0.4, -0.2) is 59.5 Å². The molecule has 70 valence electrons. The summed E-state index contributed by atoms with van der Waals surface area (Å²) in [5, 5.41) is 36.4. The first-order chi connectivity index (χ1) is 5.57. The first kappa shape index (κ1) is 9.95. The second-order valence-corrected chi connectivity index (χ2v) is 3.09. The summed E-state index contributed by atoms with van der Waals surface area (Å²) in [6, 6.07) is 0. The summed E-state index contributed by atoms with van der Waals surface area (Å²) in [6.07, 6.45) is -4.20. The Bertz CT molecular complexity index is 150. The molecule has 0 amide bonds. The molecule has 0 spiro atoms. The van der Waals surface area contributed by atoms with E-state index >= 15 is 0 Å². The van der Waals surface area contributed by atoms with Crippen molar-refractivity contribution >= 4 is 7.85 Å². The SMILES string of the molecule is BC1[C@@H](O)[C@H](O)C(CO)O[C@@H]1O. The molecule has 1 rings (SSSR count). The van der Waals surface area contributed by atoms with Crippen molar-refractivity contribution in [3.8, 4) is 0 Å². The van der Waals surface area contributed by atoms with Crippen molar-refractivity contribution in [1.29, 1.82) is 0 Å². The maximum absolute atomic E-state index is 9.32. The maximum atomic E-state index is 9.32. The predicted molar refractivity (Wildman–Crippen MR) is 42.3 cm³/mol. The highest BCUT2D eigenvalue weighted by atomic mass is 16.6. The first-order valence-electron chi connectivity index (χ1n) is 3.88. The molecule has 0 aromatic rings. The smallest absolute Gasteiger partial charge is 0.153 e. The Labute approximate surface area is 71.0 Å². The molecule has 1 aliphatic heterocycles. The summed E-state index contributed by atoms with van der Waals surface area (Å²) in [5.41, 5.74) is 0. The van der Waals surface area contributed by atoms with Gasteiger partial charge in [0, 0.05) is 5.82 Å². The number of ether oxygens (including phenoxy) is 1. The molecule has 1 heterocycles. The molecule has 5 atom stereocenters. The Morgan fingerprint density at radius 2 is 1.75 bits per heavy atom. The summed E-state index contributed by atoms with van der Waals surface area (Å²) in [7, 11) is 1.56. The predicted octanol–water partition coefficient (Wildman–Crippen LogP) is -3.16. The third-order valence-electron chi connectivity index (χ3n) is 2.21. The van der Waals surface area contributed by atoms with Gasteiger partial charge in [-0.2, -0.15) is 0 Å². The minimum Gasteiger partial charge on any atom is -0.394 e. The summed E-state index contributed by atoms with van der Waals surface area (Å²) < 4.78 is 4.83. The number of aliphatic hydroxyl groups excluding tert-OH is 4. The van der Waals surface area contributed by atoms with E-state index < -0.39 is 37.0 Å². The average molecular weight is 176 g/mol. The van der Waals surface area contributed by atoms with Crippen LogP contribution in [-0.2, 0) is 4.74 Å². The van der Waals surface area contributed by atoms with Crippen LogP contribution < -0.4 is 0 Å². The van der Waals surface area contributed by atoms with Crippen LogP contribution in [0.1, 0.15) is 0 Å². The van der Waals surface area contributed by atoms with Crippen molar-refractivity contribution < 1.29 is 25.2 Å².